The summed E-state index contributed by atoms with van der Waals surface area (Å²) >= 11 is 0. The van der Waals surface area contributed by atoms with Crippen molar-refractivity contribution in [3.63, 3.8) is 0 Å². The summed E-state index contributed by atoms with van der Waals surface area (Å²) in [5.74, 6) is -0.610. The molecule has 1 aliphatic carbocycles. The van der Waals surface area contributed by atoms with Crippen LogP contribution in [-0.4, -0.2) is 24.8 Å². The third-order valence-corrected chi connectivity index (χ3v) is 4.80. The summed E-state index contributed by atoms with van der Waals surface area (Å²) in [5, 5.41) is 9.98. The molecule has 2 atom stereocenters. The van der Waals surface area contributed by atoms with Crippen LogP contribution < -0.4 is 0 Å². The van der Waals surface area contributed by atoms with Crippen molar-refractivity contribution in [1.82, 2.24) is 0 Å². The lowest BCUT2D eigenvalue weighted by molar-refractivity contribution is -0.149. The summed E-state index contributed by atoms with van der Waals surface area (Å²) < 4.78 is 5.25. The summed E-state index contributed by atoms with van der Waals surface area (Å²) in [6.07, 6.45) is 14.0. The Kier molecular flexibility index (Phi) is 8.47. The number of carboxylic acid groups (broad SMARTS) is 1. The highest BCUT2D eigenvalue weighted by molar-refractivity contribution is 5.79. The molecule has 0 aromatic heterocycles. The average molecular weight is 308 g/mol. The number of carbonyl (C=O) groups is 1. The van der Waals surface area contributed by atoms with Crippen molar-refractivity contribution in [2.45, 2.75) is 65.2 Å². The van der Waals surface area contributed by atoms with E-state index in [9.17, 15) is 9.90 Å². The highest BCUT2D eigenvalue weighted by Crippen LogP contribution is 2.45. The third kappa shape index (κ3) is 4.70. The molecule has 0 aliphatic heterocycles. The molecule has 3 heteroatoms. The first-order chi connectivity index (χ1) is 10.6. The molecule has 0 bridgehead atoms. The van der Waals surface area contributed by atoms with Crippen LogP contribution in [0.15, 0.2) is 23.8 Å². The van der Waals surface area contributed by atoms with Crippen molar-refractivity contribution in [1.29, 1.82) is 0 Å². The van der Waals surface area contributed by atoms with E-state index in [2.05, 4.69) is 19.9 Å². The van der Waals surface area contributed by atoms with E-state index >= 15 is 0 Å². The third-order valence-electron chi connectivity index (χ3n) is 4.80. The molecule has 0 radical (unpaired) electrons. The Morgan fingerprint density at radius 3 is 2.59 bits per heavy atom. The lowest BCUT2D eigenvalue weighted by atomic mass is 9.64. The van der Waals surface area contributed by atoms with E-state index in [0.717, 1.165) is 51.4 Å². The van der Waals surface area contributed by atoms with Gasteiger partial charge in [0.25, 0.3) is 0 Å². The number of rotatable bonds is 11. The minimum atomic E-state index is -0.745. The molecular formula is C19H32O3. The Bertz CT molecular complexity index is 397. The number of hydrogen-bond donors (Lipinski definition) is 1. The minimum Gasteiger partial charge on any atom is -0.481 e. The Hall–Kier alpha value is -1.09. The second-order valence-corrected chi connectivity index (χ2v) is 6.34. The quantitative estimate of drug-likeness (QED) is 0.548. The molecule has 2 unspecified atom stereocenters. The molecule has 0 amide bonds. The first kappa shape index (κ1) is 19.0. The van der Waals surface area contributed by atoms with Crippen LogP contribution in [0.1, 0.15) is 65.2 Å². The van der Waals surface area contributed by atoms with Crippen LogP contribution in [0.25, 0.3) is 0 Å². The van der Waals surface area contributed by atoms with Gasteiger partial charge >= 0.3 is 5.97 Å². The van der Waals surface area contributed by atoms with Gasteiger partial charge in [-0.25, -0.2) is 0 Å². The van der Waals surface area contributed by atoms with Gasteiger partial charge in [-0.05, 0) is 25.7 Å². The van der Waals surface area contributed by atoms with Crippen LogP contribution in [0, 0.1) is 11.3 Å². The molecule has 3 nitrogen and oxygen atoms in total. The molecular weight excluding hydrogens is 276 g/mol. The van der Waals surface area contributed by atoms with E-state index in [1.807, 2.05) is 12.2 Å². The van der Waals surface area contributed by atoms with Crippen molar-refractivity contribution >= 4 is 5.97 Å². The zero-order valence-corrected chi connectivity index (χ0v) is 14.4. The second kappa shape index (κ2) is 9.83. The zero-order valence-electron chi connectivity index (χ0n) is 14.4. The van der Waals surface area contributed by atoms with E-state index in [0.29, 0.717) is 6.61 Å². The summed E-state index contributed by atoms with van der Waals surface area (Å²) in [4.78, 5) is 12.1. The molecule has 0 aromatic carbocycles. The Balaban J connectivity index is 3.00. The summed E-state index contributed by atoms with van der Waals surface area (Å²) in [6.45, 7) is 4.94. The predicted octanol–water partition coefficient (Wildman–Crippen LogP) is 4.98. The zero-order chi connectivity index (χ0) is 16.4. The topological polar surface area (TPSA) is 46.5 Å². The SMILES string of the molecule is CCCCCC1(C(=O)O)C=CC=C(CCCC)C1CCOC. The Morgan fingerprint density at radius 2 is 2.00 bits per heavy atom. The summed E-state index contributed by atoms with van der Waals surface area (Å²) in [6, 6.07) is 0. The van der Waals surface area contributed by atoms with E-state index in [4.69, 9.17) is 4.74 Å². The monoisotopic (exact) mass is 308 g/mol. The number of unbranched alkanes of at least 4 members (excludes halogenated alkanes) is 3. The van der Waals surface area contributed by atoms with Crippen molar-refractivity contribution in [3.05, 3.63) is 23.8 Å². The van der Waals surface area contributed by atoms with E-state index in [1.165, 1.54) is 5.57 Å². The maximum Gasteiger partial charge on any atom is 0.314 e. The molecule has 0 aromatic rings. The summed E-state index contributed by atoms with van der Waals surface area (Å²) in [7, 11) is 1.69. The summed E-state index contributed by atoms with van der Waals surface area (Å²) in [5.41, 5.74) is 0.547. The van der Waals surface area contributed by atoms with Crippen molar-refractivity contribution < 1.29 is 14.6 Å². The molecule has 1 aliphatic rings. The number of carboxylic acids is 1. The number of ether oxygens (including phenoxy) is 1. The maximum atomic E-state index is 12.1. The average Bonchev–Trinajstić information content (AvgIpc) is 2.51. The fourth-order valence-electron chi connectivity index (χ4n) is 3.48. The molecule has 0 fully saturated rings. The molecule has 1 rings (SSSR count). The fourth-order valence-corrected chi connectivity index (χ4v) is 3.48. The maximum absolute atomic E-state index is 12.1. The van der Waals surface area contributed by atoms with Gasteiger partial charge in [0.15, 0.2) is 0 Å². The number of hydrogen-bond acceptors (Lipinski definition) is 2. The van der Waals surface area contributed by atoms with Gasteiger partial charge in [0.1, 0.15) is 0 Å². The van der Waals surface area contributed by atoms with Crippen molar-refractivity contribution in [2.75, 3.05) is 13.7 Å². The van der Waals surface area contributed by atoms with E-state index in [1.54, 1.807) is 7.11 Å². The first-order valence-corrected chi connectivity index (χ1v) is 8.73. The predicted molar refractivity (Wildman–Crippen MR) is 90.9 cm³/mol. The largest absolute Gasteiger partial charge is 0.481 e. The Labute approximate surface area is 135 Å². The van der Waals surface area contributed by atoms with Gasteiger partial charge in [-0.1, -0.05) is 63.3 Å². The molecule has 0 heterocycles. The van der Waals surface area contributed by atoms with Gasteiger partial charge in [0.05, 0.1) is 5.41 Å². The van der Waals surface area contributed by atoms with Gasteiger partial charge in [-0.15, -0.1) is 0 Å². The highest BCUT2D eigenvalue weighted by atomic mass is 16.5. The van der Waals surface area contributed by atoms with Gasteiger partial charge in [-0.2, -0.15) is 0 Å². The number of aliphatic carboxylic acids is 1. The van der Waals surface area contributed by atoms with Crippen LogP contribution in [0.4, 0.5) is 0 Å². The first-order valence-electron chi connectivity index (χ1n) is 8.73. The van der Waals surface area contributed by atoms with Crippen LogP contribution in [0.5, 0.6) is 0 Å². The van der Waals surface area contributed by atoms with Crippen LogP contribution in [-0.2, 0) is 9.53 Å². The molecule has 0 saturated heterocycles. The van der Waals surface area contributed by atoms with Gasteiger partial charge < -0.3 is 9.84 Å². The lowest BCUT2D eigenvalue weighted by Gasteiger charge is -2.39. The standard InChI is InChI=1S/C19H32O3/c1-4-6-8-13-19(18(20)21)14-9-11-16(10-7-5-2)17(19)12-15-22-3/h9,11,14,17H,4-8,10,12-13,15H2,1-3H3,(H,20,21). The normalized spacial score (nSPS) is 24.3. The van der Waals surface area contributed by atoms with Gasteiger partial charge in [0.2, 0.25) is 0 Å². The van der Waals surface area contributed by atoms with Crippen molar-refractivity contribution in [3.8, 4) is 0 Å². The fraction of sp³-hybridized carbons (Fsp3) is 0.737. The molecule has 22 heavy (non-hydrogen) atoms. The molecule has 126 valence electrons. The van der Waals surface area contributed by atoms with Gasteiger partial charge in [0, 0.05) is 19.6 Å². The smallest absolute Gasteiger partial charge is 0.314 e. The van der Waals surface area contributed by atoms with Crippen molar-refractivity contribution in [2.24, 2.45) is 11.3 Å². The molecule has 0 spiro atoms. The van der Waals surface area contributed by atoms with Crippen LogP contribution >= 0.6 is 0 Å². The minimum absolute atomic E-state index is 0.0679. The number of methoxy groups -OCH3 is 1. The van der Waals surface area contributed by atoms with E-state index < -0.39 is 11.4 Å². The van der Waals surface area contributed by atoms with Gasteiger partial charge in [-0.3, -0.25) is 4.79 Å². The van der Waals surface area contributed by atoms with Crippen LogP contribution in [0.2, 0.25) is 0 Å². The Morgan fingerprint density at radius 1 is 1.27 bits per heavy atom. The lowest BCUT2D eigenvalue weighted by Crippen LogP contribution is -2.40. The molecule has 0 saturated carbocycles. The molecule has 1 N–H and O–H groups in total. The van der Waals surface area contributed by atoms with E-state index in [-0.39, 0.29) is 5.92 Å². The number of allylic oxidation sites excluding steroid dienone is 3. The highest BCUT2D eigenvalue weighted by Gasteiger charge is 2.45. The van der Waals surface area contributed by atoms with Crippen LogP contribution in [0.3, 0.4) is 0 Å². The second-order valence-electron chi connectivity index (χ2n) is 6.34.